The molecule has 3 fully saturated rings. The maximum atomic E-state index is 12.8. The van der Waals surface area contributed by atoms with Gasteiger partial charge >= 0.3 is 25.3 Å². The van der Waals surface area contributed by atoms with E-state index < -0.39 is 18.5 Å². The van der Waals surface area contributed by atoms with Crippen LogP contribution in [0.25, 0.3) is 0 Å². The molecule has 0 spiro atoms. The van der Waals surface area contributed by atoms with E-state index in [4.69, 9.17) is 18.3 Å². The van der Waals surface area contributed by atoms with Gasteiger partial charge in [0.1, 0.15) is 11.6 Å². The molecular formula is C40H69ClN2O4Pt. The van der Waals surface area contributed by atoms with E-state index in [1.54, 1.807) is 0 Å². The van der Waals surface area contributed by atoms with Crippen LogP contribution in [0.1, 0.15) is 149 Å². The Morgan fingerprint density at radius 3 is 1.58 bits per heavy atom. The van der Waals surface area contributed by atoms with Crippen molar-refractivity contribution < 1.29 is 34.9 Å². The van der Waals surface area contributed by atoms with Crippen molar-refractivity contribution in [2.45, 2.75) is 150 Å². The molecule has 8 heteroatoms. The fourth-order valence-corrected chi connectivity index (χ4v) is 8.79. The summed E-state index contributed by atoms with van der Waals surface area (Å²) in [5.41, 5.74) is 13.8. The Hall–Kier alpha value is -0.942. The van der Waals surface area contributed by atoms with Crippen LogP contribution in [0.2, 0.25) is 0 Å². The van der Waals surface area contributed by atoms with Gasteiger partial charge in [-0.15, -0.1) is 12.4 Å². The molecule has 4 N–H and O–H groups in total. The third kappa shape index (κ3) is 15.5. The third-order valence-corrected chi connectivity index (χ3v) is 11.8. The van der Waals surface area contributed by atoms with E-state index in [1.807, 2.05) is 18.2 Å². The van der Waals surface area contributed by atoms with Gasteiger partial charge in [-0.05, 0) is 98.4 Å². The first kappa shape index (κ1) is 45.1. The minimum absolute atomic E-state index is 0. The molecule has 1 aromatic carbocycles. The molecule has 280 valence electrons. The van der Waals surface area contributed by atoms with Gasteiger partial charge in [0, 0.05) is 36.8 Å². The van der Waals surface area contributed by atoms with Crippen molar-refractivity contribution in [3.63, 3.8) is 0 Å². The summed E-state index contributed by atoms with van der Waals surface area (Å²) < 4.78 is 17.0. The molecular weight excluding hydrogens is 803 g/mol. The molecule has 3 saturated carbocycles. The van der Waals surface area contributed by atoms with Crippen molar-refractivity contribution in [1.82, 2.24) is 0 Å². The standard InChI is InChI=1S/C20H37NO.C20H31NO.ClH.2O.Pt/c2*1-14(2)17-10-9-15(3)13-18(17)20(22)12-11-19(21)16-7-5-4-6-8-16;;;;/h14-19H,4-13,21H2,1-3H3;4-8,14-15,17-19H,9-13,21H2,1-3H3;1H;;;/t2*15-,17+,18-,19-;;;;/m11..../s1. The summed E-state index contributed by atoms with van der Waals surface area (Å²) in [5.74, 6) is 6.00. The fourth-order valence-electron chi connectivity index (χ4n) is 8.79. The van der Waals surface area contributed by atoms with Gasteiger partial charge < -0.3 is 11.5 Å². The van der Waals surface area contributed by atoms with E-state index in [1.165, 1.54) is 57.8 Å². The summed E-state index contributed by atoms with van der Waals surface area (Å²) in [5, 5.41) is 0. The van der Waals surface area contributed by atoms with E-state index in [0.29, 0.717) is 59.4 Å². The summed E-state index contributed by atoms with van der Waals surface area (Å²) in [7, 11) is 0. The second-order valence-electron chi connectivity index (χ2n) is 16.0. The Morgan fingerprint density at radius 2 is 1.15 bits per heavy atom. The number of benzene rings is 1. The van der Waals surface area contributed by atoms with Gasteiger partial charge in [-0.1, -0.05) is 104 Å². The first-order valence-electron chi connectivity index (χ1n) is 18.8. The Morgan fingerprint density at radius 1 is 0.708 bits per heavy atom. The number of ketones is 2. The first-order chi connectivity index (χ1) is 22.4. The quantitative estimate of drug-likeness (QED) is 0.216. The van der Waals surface area contributed by atoms with E-state index in [-0.39, 0.29) is 30.4 Å². The molecule has 0 amide bonds. The third-order valence-electron chi connectivity index (χ3n) is 11.8. The molecule has 0 bridgehead atoms. The Labute approximate surface area is 308 Å². The van der Waals surface area contributed by atoms with Crippen LogP contribution < -0.4 is 11.5 Å². The SMILES string of the molecule is CC(C)[C@@H]1CC[C@@H](C)C[C@H]1C(=O)CC[C@@H](N)C1CCCCC1.CC(C)[C@@H]1CC[C@@H](C)C[C@H]1C(=O)CC[C@@H](N)c1ccccc1.Cl.[O]=[Pt]=[O]. The Balaban J connectivity index is 0.000000435. The van der Waals surface area contributed by atoms with Crippen LogP contribution in [0.4, 0.5) is 0 Å². The monoisotopic (exact) mass is 871 g/mol. The topological polar surface area (TPSA) is 120 Å². The minimum atomic E-state index is -1.92. The summed E-state index contributed by atoms with van der Waals surface area (Å²) >= 11 is -1.92. The van der Waals surface area contributed by atoms with Gasteiger partial charge in [-0.3, -0.25) is 9.59 Å². The molecule has 4 rings (SSSR count). The van der Waals surface area contributed by atoms with Crippen molar-refractivity contribution in [3.05, 3.63) is 35.9 Å². The number of carbonyl (C=O) groups excluding carboxylic acids is 2. The van der Waals surface area contributed by atoms with Gasteiger partial charge in [0.05, 0.1) is 0 Å². The maximum absolute atomic E-state index is 12.8. The molecule has 6 nitrogen and oxygen atoms in total. The van der Waals surface area contributed by atoms with E-state index in [0.717, 1.165) is 43.6 Å². The first-order valence-corrected chi connectivity index (χ1v) is 20.7. The number of Topliss-reactive ketones (excluding diaryl/α,β-unsaturated/α-hetero) is 2. The molecule has 0 heterocycles. The van der Waals surface area contributed by atoms with Gasteiger partial charge in [-0.25, -0.2) is 0 Å². The molecule has 3 aliphatic carbocycles. The average molecular weight is 873 g/mol. The second kappa shape index (κ2) is 24.3. The van der Waals surface area contributed by atoms with Crippen LogP contribution in [-0.4, -0.2) is 17.6 Å². The number of rotatable bonds is 12. The molecule has 0 aliphatic heterocycles. The summed E-state index contributed by atoms with van der Waals surface area (Å²) in [6.07, 6.45) is 16.8. The average Bonchev–Trinajstić information content (AvgIpc) is 3.06. The van der Waals surface area contributed by atoms with E-state index >= 15 is 0 Å². The number of halogens is 1. The van der Waals surface area contributed by atoms with Gasteiger partial charge in [0.25, 0.3) is 0 Å². The fraction of sp³-hybridized carbons (Fsp3) is 0.800. The summed E-state index contributed by atoms with van der Waals surface area (Å²) in [6.45, 7) is 13.7. The zero-order chi connectivity index (χ0) is 34.9. The molecule has 3 aliphatic rings. The molecule has 48 heavy (non-hydrogen) atoms. The summed E-state index contributed by atoms with van der Waals surface area (Å²) in [4.78, 5) is 25.5. The number of nitrogens with two attached hydrogens (primary N) is 2. The van der Waals surface area contributed by atoms with Crippen LogP contribution in [0.3, 0.4) is 0 Å². The van der Waals surface area contributed by atoms with Gasteiger partial charge in [-0.2, -0.15) is 0 Å². The number of carbonyl (C=O) groups is 2. The number of hydrogen-bond donors (Lipinski definition) is 2. The molecule has 0 aromatic heterocycles. The Kier molecular flexibility index (Phi) is 22.8. The van der Waals surface area contributed by atoms with Crippen molar-refractivity contribution in [1.29, 1.82) is 0 Å². The molecule has 8 atom stereocenters. The van der Waals surface area contributed by atoms with Gasteiger partial charge in [0.2, 0.25) is 0 Å². The van der Waals surface area contributed by atoms with Crippen LogP contribution in [0.5, 0.6) is 0 Å². The van der Waals surface area contributed by atoms with Crippen LogP contribution in [0, 0.1) is 53.3 Å². The van der Waals surface area contributed by atoms with Crippen LogP contribution in [-0.2, 0) is 34.9 Å². The Bertz CT molecular complexity index is 1070. The number of hydrogen-bond acceptors (Lipinski definition) is 6. The predicted molar refractivity (Wildman–Crippen MR) is 195 cm³/mol. The molecule has 0 saturated heterocycles. The summed E-state index contributed by atoms with van der Waals surface area (Å²) in [6, 6.07) is 10.3. The van der Waals surface area contributed by atoms with Crippen molar-refractivity contribution in [3.8, 4) is 0 Å². The molecule has 0 radical (unpaired) electrons. The molecule has 1 aromatic rings. The normalized spacial score (nSPS) is 27.5. The predicted octanol–water partition coefficient (Wildman–Crippen LogP) is 9.88. The zero-order valence-corrected chi connectivity index (χ0v) is 33.9. The van der Waals surface area contributed by atoms with Crippen molar-refractivity contribution in [2.75, 3.05) is 0 Å². The second-order valence-corrected chi connectivity index (χ2v) is 16.4. The van der Waals surface area contributed by atoms with E-state index in [9.17, 15) is 9.59 Å². The van der Waals surface area contributed by atoms with Gasteiger partial charge in [0.15, 0.2) is 0 Å². The van der Waals surface area contributed by atoms with Crippen LogP contribution >= 0.6 is 12.4 Å². The van der Waals surface area contributed by atoms with E-state index in [2.05, 4.69) is 53.7 Å². The van der Waals surface area contributed by atoms with Crippen LogP contribution in [0.15, 0.2) is 30.3 Å². The zero-order valence-electron chi connectivity index (χ0n) is 30.9. The van der Waals surface area contributed by atoms with Crippen molar-refractivity contribution >= 4 is 24.0 Å². The molecule has 0 unspecified atom stereocenters. The van der Waals surface area contributed by atoms with Crippen molar-refractivity contribution in [2.24, 2.45) is 64.7 Å².